The molecule has 0 N–H and O–H groups in total. The average molecular weight is 269 g/mol. The van der Waals surface area contributed by atoms with E-state index in [2.05, 4.69) is 5.10 Å². The van der Waals surface area contributed by atoms with Crippen molar-refractivity contribution in [3.8, 4) is 5.75 Å². The number of aromatic nitrogens is 2. The van der Waals surface area contributed by atoms with E-state index in [1.54, 1.807) is 25.1 Å². The Morgan fingerprint density at radius 2 is 2.16 bits per heavy atom. The second-order valence-electron chi connectivity index (χ2n) is 4.61. The number of hydrogen-bond acceptors (Lipinski definition) is 5. The average Bonchev–Trinajstić information content (AvgIpc) is 2.79. The van der Waals surface area contributed by atoms with Gasteiger partial charge in [0.25, 0.3) is 0 Å². The monoisotopic (exact) mass is 269 g/mol. The Labute approximate surface area is 114 Å². The number of likely N-dealkylation sites (N-methyl/N-ethyl adjacent to an activating group) is 1. The van der Waals surface area contributed by atoms with E-state index in [1.807, 2.05) is 19.0 Å². The number of Topliss-reactive ketones (excluding diaryl/α,β-unsaturated/α-hetero) is 1. The summed E-state index contributed by atoms with van der Waals surface area (Å²) in [6, 6.07) is 0. The predicted molar refractivity (Wildman–Crippen MR) is 72.8 cm³/mol. The summed E-state index contributed by atoms with van der Waals surface area (Å²) in [4.78, 5) is 14.3. The number of hydrogen-bond donors (Lipinski definition) is 0. The highest BCUT2D eigenvalue weighted by atomic mass is 16.5. The van der Waals surface area contributed by atoms with Crippen LogP contribution in [0.5, 0.6) is 5.75 Å². The van der Waals surface area contributed by atoms with Gasteiger partial charge in [-0.15, -0.1) is 0 Å². The van der Waals surface area contributed by atoms with Crippen LogP contribution in [0.15, 0.2) is 6.20 Å². The molecule has 0 radical (unpaired) electrons. The fourth-order valence-electron chi connectivity index (χ4n) is 1.76. The van der Waals surface area contributed by atoms with Crippen molar-refractivity contribution in [2.24, 2.45) is 0 Å². The zero-order valence-electron chi connectivity index (χ0n) is 12.2. The van der Waals surface area contributed by atoms with Gasteiger partial charge in [-0.2, -0.15) is 5.10 Å². The van der Waals surface area contributed by atoms with Crippen LogP contribution >= 0.6 is 0 Å². The molecular weight excluding hydrogens is 246 g/mol. The molecule has 0 bridgehead atoms. The van der Waals surface area contributed by atoms with E-state index in [0.29, 0.717) is 37.4 Å². The van der Waals surface area contributed by atoms with Gasteiger partial charge in [0.2, 0.25) is 0 Å². The third kappa shape index (κ3) is 4.65. The van der Waals surface area contributed by atoms with Gasteiger partial charge in [-0.05, 0) is 20.5 Å². The summed E-state index contributed by atoms with van der Waals surface area (Å²) in [7, 11) is 7.16. The largest absolute Gasteiger partial charge is 0.493 e. The van der Waals surface area contributed by atoms with Crippen LogP contribution in [0.3, 0.4) is 0 Å². The van der Waals surface area contributed by atoms with Crippen molar-refractivity contribution in [2.75, 3.05) is 41.5 Å². The van der Waals surface area contributed by atoms with Gasteiger partial charge in [-0.3, -0.25) is 9.48 Å². The molecule has 0 saturated carbocycles. The number of ether oxygens (including phenoxy) is 2. The zero-order chi connectivity index (χ0) is 14.3. The minimum atomic E-state index is 0.0464. The molecule has 6 heteroatoms. The maximum absolute atomic E-state index is 12.2. The molecule has 1 heterocycles. The summed E-state index contributed by atoms with van der Waals surface area (Å²) >= 11 is 0. The molecule has 108 valence electrons. The van der Waals surface area contributed by atoms with E-state index in [0.717, 1.165) is 6.54 Å². The van der Waals surface area contributed by atoms with Crippen LogP contribution in [0.25, 0.3) is 0 Å². The summed E-state index contributed by atoms with van der Waals surface area (Å²) in [5.74, 6) is 0.589. The quantitative estimate of drug-likeness (QED) is 0.495. The third-order valence-electron chi connectivity index (χ3n) is 2.80. The lowest BCUT2D eigenvalue weighted by Crippen LogP contribution is -2.21. The molecule has 1 rings (SSSR count). The van der Waals surface area contributed by atoms with Crippen molar-refractivity contribution < 1.29 is 14.3 Å². The predicted octanol–water partition coefficient (Wildman–Crippen LogP) is 1.06. The summed E-state index contributed by atoms with van der Waals surface area (Å²) < 4.78 is 11.9. The van der Waals surface area contributed by atoms with Crippen LogP contribution in [-0.4, -0.2) is 61.9 Å². The topological polar surface area (TPSA) is 56.6 Å². The van der Waals surface area contributed by atoms with Crippen molar-refractivity contribution in [3.63, 3.8) is 0 Å². The molecule has 0 aliphatic heterocycles. The normalized spacial score (nSPS) is 11.0. The smallest absolute Gasteiger partial charge is 0.184 e. The number of nitrogens with zero attached hydrogens (tertiary/aromatic N) is 3. The van der Waals surface area contributed by atoms with Gasteiger partial charge in [-0.25, -0.2) is 0 Å². The minimum Gasteiger partial charge on any atom is -0.493 e. The summed E-state index contributed by atoms with van der Waals surface area (Å²) in [5, 5.41) is 4.22. The van der Waals surface area contributed by atoms with E-state index < -0.39 is 0 Å². The first-order valence-corrected chi connectivity index (χ1v) is 6.36. The van der Waals surface area contributed by atoms with E-state index in [9.17, 15) is 4.79 Å². The van der Waals surface area contributed by atoms with Gasteiger partial charge in [0.1, 0.15) is 5.69 Å². The summed E-state index contributed by atoms with van der Waals surface area (Å²) in [6.07, 6.45) is 2.74. The molecule has 0 fully saturated rings. The first-order valence-electron chi connectivity index (χ1n) is 6.36. The lowest BCUT2D eigenvalue weighted by atomic mass is 10.1. The van der Waals surface area contributed by atoms with Crippen molar-refractivity contribution in [1.82, 2.24) is 14.7 Å². The highest BCUT2D eigenvalue weighted by molar-refractivity contribution is 5.96. The maximum Gasteiger partial charge on any atom is 0.184 e. The van der Waals surface area contributed by atoms with Crippen LogP contribution in [0.1, 0.15) is 23.3 Å². The van der Waals surface area contributed by atoms with Crippen LogP contribution in [0.4, 0.5) is 0 Å². The molecule has 1 aromatic heterocycles. The lowest BCUT2D eigenvalue weighted by Gasteiger charge is -2.12. The minimum absolute atomic E-state index is 0.0464. The van der Waals surface area contributed by atoms with E-state index in [-0.39, 0.29) is 5.78 Å². The number of carbonyl (C=O) groups is 1. The van der Waals surface area contributed by atoms with Gasteiger partial charge in [0, 0.05) is 26.7 Å². The molecule has 19 heavy (non-hydrogen) atoms. The van der Waals surface area contributed by atoms with Crippen LogP contribution in [0, 0.1) is 0 Å². The van der Waals surface area contributed by atoms with Gasteiger partial charge in [-0.1, -0.05) is 0 Å². The van der Waals surface area contributed by atoms with Gasteiger partial charge < -0.3 is 14.4 Å². The van der Waals surface area contributed by atoms with E-state index in [4.69, 9.17) is 9.47 Å². The van der Waals surface area contributed by atoms with Crippen molar-refractivity contribution in [1.29, 1.82) is 0 Å². The fraction of sp³-hybridized carbons (Fsp3) is 0.692. The Bertz CT molecular complexity index is 402. The summed E-state index contributed by atoms with van der Waals surface area (Å²) in [5.41, 5.74) is 0.556. The first kappa shape index (κ1) is 15.7. The third-order valence-corrected chi connectivity index (χ3v) is 2.80. The molecule has 6 nitrogen and oxygen atoms in total. The Kier molecular flexibility index (Phi) is 6.52. The van der Waals surface area contributed by atoms with Crippen LogP contribution < -0.4 is 4.74 Å². The number of carbonyl (C=O) groups excluding carboxylic acids is 1. The van der Waals surface area contributed by atoms with Gasteiger partial charge >= 0.3 is 0 Å². The van der Waals surface area contributed by atoms with Crippen molar-refractivity contribution >= 4 is 5.78 Å². The highest BCUT2D eigenvalue weighted by Gasteiger charge is 2.18. The van der Waals surface area contributed by atoms with Gasteiger partial charge in [0.05, 0.1) is 19.9 Å². The van der Waals surface area contributed by atoms with Crippen molar-refractivity contribution in [2.45, 2.75) is 19.4 Å². The molecule has 0 atom stereocenters. The number of rotatable bonds is 9. The second-order valence-corrected chi connectivity index (χ2v) is 4.61. The molecule has 0 aromatic carbocycles. The molecular formula is C13H23N3O3. The highest BCUT2D eigenvalue weighted by Crippen LogP contribution is 2.19. The zero-order valence-corrected chi connectivity index (χ0v) is 12.2. The van der Waals surface area contributed by atoms with Gasteiger partial charge in [0.15, 0.2) is 11.5 Å². The molecule has 0 aliphatic carbocycles. The molecule has 0 aliphatic rings. The second kappa shape index (κ2) is 7.91. The Morgan fingerprint density at radius 1 is 1.42 bits per heavy atom. The molecule has 0 unspecified atom stereocenters. The van der Waals surface area contributed by atoms with E-state index >= 15 is 0 Å². The Hall–Kier alpha value is -1.40. The number of methoxy groups -OCH3 is 2. The first-order chi connectivity index (χ1) is 9.10. The number of ketones is 1. The van der Waals surface area contributed by atoms with Crippen LogP contribution in [0.2, 0.25) is 0 Å². The Morgan fingerprint density at radius 3 is 2.74 bits per heavy atom. The molecule has 1 aromatic rings. The summed E-state index contributed by atoms with van der Waals surface area (Å²) in [6.45, 7) is 2.07. The lowest BCUT2D eigenvalue weighted by molar-refractivity contribution is 0.0949. The van der Waals surface area contributed by atoms with E-state index in [1.165, 1.54) is 0 Å². The fourth-order valence-corrected chi connectivity index (χ4v) is 1.76. The van der Waals surface area contributed by atoms with Crippen molar-refractivity contribution in [3.05, 3.63) is 11.9 Å². The molecule has 0 spiro atoms. The SMILES string of the molecule is COCCCC(=O)c1c(OC)cnn1CCN(C)C. The standard InChI is InChI=1S/C13H23N3O3/c1-15(2)7-8-16-13(12(19-4)10-14-16)11(17)6-5-9-18-3/h10H,5-9H2,1-4H3. The molecule has 0 saturated heterocycles. The van der Waals surface area contributed by atoms with Crippen LogP contribution in [-0.2, 0) is 11.3 Å². The Balaban J connectivity index is 2.77. The molecule has 0 amide bonds. The maximum atomic E-state index is 12.2.